The van der Waals surface area contributed by atoms with Gasteiger partial charge < -0.3 is 10.0 Å². The van der Waals surface area contributed by atoms with Gasteiger partial charge >= 0.3 is 5.97 Å². The number of hydrogen-bond acceptors (Lipinski definition) is 3. The summed E-state index contributed by atoms with van der Waals surface area (Å²) in [6.07, 6.45) is 0.929. The topological polar surface area (TPSA) is 60.9 Å². The average Bonchev–Trinajstić information content (AvgIpc) is 2.63. The van der Waals surface area contributed by atoms with E-state index in [0.717, 1.165) is 6.42 Å². The van der Waals surface area contributed by atoms with Crippen LogP contribution in [0.2, 0.25) is 0 Å². The first-order valence-electron chi connectivity index (χ1n) is 7.01. The summed E-state index contributed by atoms with van der Waals surface area (Å²) in [6.45, 7) is 2.37. The van der Waals surface area contributed by atoms with Crippen LogP contribution >= 0.6 is 0 Å². The van der Waals surface area contributed by atoms with Crippen molar-refractivity contribution in [3.05, 3.63) is 35.6 Å². The molecule has 0 unspecified atom stereocenters. The van der Waals surface area contributed by atoms with Gasteiger partial charge in [0, 0.05) is 26.2 Å². The van der Waals surface area contributed by atoms with Crippen LogP contribution in [0.3, 0.4) is 0 Å². The van der Waals surface area contributed by atoms with Crippen LogP contribution in [-0.4, -0.2) is 59.5 Å². The van der Waals surface area contributed by atoms with E-state index in [1.165, 1.54) is 12.1 Å². The first-order chi connectivity index (χ1) is 10.0. The van der Waals surface area contributed by atoms with E-state index in [-0.39, 0.29) is 24.7 Å². The predicted octanol–water partition coefficient (Wildman–Crippen LogP) is 0.987. The summed E-state index contributed by atoms with van der Waals surface area (Å²) in [6, 6.07) is 6.04. The number of nitrogens with zero attached hydrogens (tertiary/aromatic N) is 2. The number of carboxylic acids is 1. The van der Waals surface area contributed by atoms with Crippen molar-refractivity contribution >= 4 is 11.9 Å². The van der Waals surface area contributed by atoms with Crippen molar-refractivity contribution < 1.29 is 19.1 Å². The summed E-state index contributed by atoms with van der Waals surface area (Å²) in [4.78, 5) is 26.5. The molecule has 21 heavy (non-hydrogen) atoms. The normalized spacial score (nSPS) is 16.5. The second-order valence-electron chi connectivity index (χ2n) is 5.21. The fourth-order valence-corrected chi connectivity index (χ4v) is 2.50. The molecule has 0 spiro atoms. The van der Waals surface area contributed by atoms with Crippen molar-refractivity contribution in [3.8, 4) is 0 Å². The fourth-order valence-electron chi connectivity index (χ4n) is 2.50. The molecule has 1 aromatic carbocycles. The molecule has 1 heterocycles. The van der Waals surface area contributed by atoms with Gasteiger partial charge in [-0.2, -0.15) is 0 Å². The molecule has 0 atom stereocenters. The maximum atomic E-state index is 13.1. The van der Waals surface area contributed by atoms with Crippen LogP contribution in [0.4, 0.5) is 4.39 Å². The lowest BCUT2D eigenvalue weighted by molar-refractivity contribution is -0.138. The zero-order chi connectivity index (χ0) is 15.2. The Bertz CT molecular complexity index is 521. The van der Waals surface area contributed by atoms with E-state index in [4.69, 9.17) is 5.11 Å². The number of amides is 1. The molecule has 0 bridgehead atoms. The van der Waals surface area contributed by atoms with Gasteiger partial charge in [-0.3, -0.25) is 14.5 Å². The Hall–Kier alpha value is -1.95. The smallest absolute Gasteiger partial charge is 0.317 e. The van der Waals surface area contributed by atoms with Crippen molar-refractivity contribution in [1.29, 1.82) is 0 Å². The molecule has 2 rings (SSSR count). The van der Waals surface area contributed by atoms with Crippen LogP contribution < -0.4 is 0 Å². The Labute approximate surface area is 123 Å². The van der Waals surface area contributed by atoms with Gasteiger partial charge in [-0.25, -0.2) is 4.39 Å². The third kappa shape index (κ3) is 4.82. The Balaban J connectivity index is 1.89. The molecule has 0 aliphatic carbocycles. The molecule has 1 N–H and O–H groups in total. The highest BCUT2D eigenvalue weighted by molar-refractivity contribution is 5.78. The fraction of sp³-hybridized carbons (Fsp3) is 0.467. The molecule has 5 nitrogen and oxygen atoms in total. The zero-order valence-corrected chi connectivity index (χ0v) is 11.8. The highest BCUT2D eigenvalue weighted by Gasteiger charge is 2.20. The molecule has 1 fully saturated rings. The molecule has 0 aromatic heterocycles. The molecule has 1 amide bonds. The van der Waals surface area contributed by atoms with E-state index >= 15 is 0 Å². The van der Waals surface area contributed by atoms with Gasteiger partial charge in [0.15, 0.2) is 0 Å². The lowest BCUT2D eigenvalue weighted by Gasteiger charge is -2.21. The Morgan fingerprint density at radius 3 is 2.71 bits per heavy atom. The highest BCUT2D eigenvalue weighted by Crippen LogP contribution is 2.09. The van der Waals surface area contributed by atoms with Crippen LogP contribution in [0.15, 0.2) is 24.3 Å². The Morgan fingerprint density at radius 1 is 1.19 bits per heavy atom. The SMILES string of the molecule is O=C(O)CN1CCCN(C(=O)Cc2cccc(F)c2)CC1. The molecule has 0 saturated carbocycles. The van der Waals surface area contributed by atoms with Crippen molar-refractivity contribution in [2.45, 2.75) is 12.8 Å². The Morgan fingerprint density at radius 2 is 2.00 bits per heavy atom. The van der Waals surface area contributed by atoms with E-state index < -0.39 is 5.97 Å². The van der Waals surface area contributed by atoms with Gasteiger partial charge in [0.2, 0.25) is 5.91 Å². The van der Waals surface area contributed by atoms with Crippen LogP contribution in [0.25, 0.3) is 0 Å². The van der Waals surface area contributed by atoms with Crippen LogP contribution in [0, 0.1) is 5.82 Å². The summed E-state index contributed by atoms with van der Waals surface area (Å²) < 4.78 is 13.1. The predicted molar refractivity (Wildman–Crippen MR) is 75.4 cm³/mol. The van der Waals surface area contributed by atoms with Gasteiger partial charge in [0.25, 0.3) is 0 Å². The van der Waals surface area contributed by atoms with E-state index in [2.05, 4.69) is 0 Å². The van der Waals surface area contributed by atoms with Gasteiger partial charge in [0.1, 0.15) is 5.82 Å². The average molecular weight is 294 g/mol. The number of hydrogen-bond donors (Lipinski definition) is 1. The first kappa shape index (κ1) is 15.4. The van der Waals surface area contributed by atoms with Crippen molar-refractivity contribution in [3.63, 3.8) is 0 Å². The van der Waals surface area contributed by atoms with Crippen molar-refractivity contribution in [2.24, 2.45) is 0 Å². The number of benzene rings is 1. The maximum Gasteiger partial charge on any atom is 0.317 e. The van der Waals surface area contributed by atoms with Gasteiger partial charge in [-0.1, -0.05) is 12.1 Å². The third-order valence-corrected chi connectivity index (χ3v) is 3.54. The molecule has 1 aliphatic heterocycles. The van der Waals surface area contributed by atoms with Crippen LogP contribution in [-0.2, 0) is 16.0 Å². The molecule has 1 aliphatic rings. The number of halogens is 1. The minimum Gasteiger partial charge on any atom is -0.480 e. The summed E-state index contributed by atoms with van der Waals surface area (Å²) in [5, 5.41) is 8.80. The van der Waals surface area contributed by atoms with Crippen LogP contribution in [0.1, 0.15) is 12.0 Å². The number of carbonyl (C=O) groups excluding carboxylic acids is 1. The van der Waals surface area contributed by atoms with E-state index in [1.54, 1.807) is 17.0 Å². The molecule has 1 saturated heterocycles. The molecule has 114 valence electrons. The number of carbonyl (C=O) groups is 2. The summed E-state index contributed by atoms with van der Waals surface area (Å²) in [5.41, 5.74) is 0.659. The quantitative estimate of drug-likeness (QED) is 0.899. The second-order valence-corrected chi connectivity index (χ2v) is 5.21. The number of rotatable bonds is 4. The van der Waals surface area contributed by atoms with Crippen molar-refractivity contribution in [1.82, 2.24) is 9.80 Å². The monoisotopic (exact) mass is 294 g/mol. The molecule has 0 radical (unpaired) electrons. The molecular formula is C15H19FN2O3. The Kier molecular flexibility index (Phi) is 5.27. The second kappa shape index (κ2) is 7.17. The van der Waals surface area contributed by atoms with E-state index in [9.17, 15) is 14.0 Å². The maximum absolute atomic E-state index is 13.1. The van der Waals surface area contributed by atoms with Gasteiger partial charge in [0.05, 0.1) is 13.0 Å². The summed E-state index contributed by atoms with van der Waals surface area (Å²) >= 11 is 0. The summed E-state index contributed by atoms with van der Waals surface area (Å²) in [5.74, 6) is -1.24. The molecule has 6 heteroatoms. The lowest BCUT2D eigenvalue weighted by atomic mass is 10.1. The van der Waals surface area contributed by atoms with E-state index in [0.29, 0.717) is 31.7 Å². The largest absolute Gasteiger partial charge is 0.480 e. The third-order valence-electron chi connectivity index (χ3n) is 3.54. The zero-order valence-electron chi connectivity index (χ0n) is 11.8. The van der Waals surface area contributed by atoms with Crippen LogP contribution in [0.5, 0.6) is 0 Å². The standard InChI is InChI=1S/C15H19FN2O3/c16-13-4-1-3-12(9-13)10-14(19)18-6-2-5-17(7-8-18)11-15(20)21/h1,3-4,9H,2,5-8,10-11H2,(H,20,21). The first-order valence-corrected chi connectivity index (χ1v) is 7.01. The minimum absolute atomic E-state index is 0.00588. The molecular weight excluding hydrogens is 275 g/mol. The molecule has 1 aromatic rings. The van der Waals surface area contributed by atoms with Gasteiger partial charge in [-0.05, 0) is 24.1 Å². The number of carboxylic acid groups (broad SMARTS) is 1. The minimum atomic E-state index is -0.852. The van der Waals surface area contributed by atoms with Crippen molar-refractivity contribution in [2.75, 3.05) is 32.7 Å². The number of aliphatic carboxylic acids is 1. The summed E-state index contributed by atoms with van der Waals surface area (Å²) in [7, 11) is 0. The lowest BCUT2D eigenvalue weighted by Crippen LogP contribution is -2.37. The van der Waals surface area contributed by atoms with E-state index in [1.807, 2.05) is 4.90 Å². The highest BCUT2D eigenvalue weighted by atomic mass is 19.1. The van der Waals surface area contributed by atoms with Gasteiger partial charge in [-0.15, -0.1) is 0 Å².